The number of fused-ring (bicyclic) bond motifs is 1. The molecule has 2 rings (SSSR count). The van der Waals surface area contributed by atoms with Crippen LogP contribution in [0.2, 0.25) is 0 Å². The van der Waals surface area contributed by atoms with Crippen LogP contribution in [-0.4, -0.2) is 26.4 Å². The molecule has 0 radical (unpaired) electrons. The summed E-state index contributed by atoms with van der Waals surface area (Å²) in [6.45, 7) is 5.17. The molecule has 0 unspecified atom stereocenters. The Kier molecular flexibility index (Phi) is 3.09. The summed E-state index contributed by atoms with van der Waals surface area (Å²) >= 11 is 0. The number of aliphatic hydroxyl groups is 1. The number of carbonyl (C=O) groups is 1. The van der Waals surface area contributed by atoms with Gasteiger partial charge in [-0.2, -0.15) is 0 Å². The zero-order valence-electron chi connectivity index (χ0n) is 10.7. The van der Waals surface area contributed by atoms with Crippen molar-refractivity contribution in [3.63, 3.8) is 0 Å². The molecule has 0 aliphatic carbocycles. The van der Waals surface area contributed by atoms with Crippen LogP contribution in [0, 0.1) is 0 Å². The van der Waals surface area contributed by atoms with Gasteiger partial charge in [0.2, 0.25) is 0 Å². The number of aromatic nitrogens is 2. The van der Waals surface area contributed by atoms with Gasteiger partial charge in [-0.25, -0.2) is 9.36 Å². The van der Waals surface area contributed by atoms with Gasteiger partial charge in [0, 0.05) is 11.6 Å². The van der Waals surface area contributed by atoms with Crippen LogP contribution in [0.3, 0.4) is 0 Å². The predicted octanol–water partition coefficient (Wildman–Crippen LogP) is 2.31. The Morgan fingerprint density at radius 2 is 2.22 bits per heavy atom. The van der Waals surface area contributed by atoms with Crippen LogP contribution in [0.5, 0.6) is 0 Å². The minimum Gasteiger partial charge on any atom is -0.443 e. The van der Waals surface area contributed by atoms with E-state index in [4.69, 9.17) is 4.74 Å². The van der Waals surface area contributed by atoms with Crippen LogP contribution in [0.15, 0.2) is 24.5 Å². The van der Waals surface area contributed by atoms with Crippen molar-refractivity contribution in [1.82, 2.24) is 9.55 Å². The van der Waals surface area contributed by atoms with Crippen molar-refractivity contribution in [3.8, 4) is 0 Å². The third-order valence-electron chi connectivity index (χ3n) is 2.42. The monoisotopic (exact) mass is 248 g/mol. The van der Waals surface area contributed by atoms with Crippen LogP contribution < -0.4 is 0 Å². The van der Waals surface area contributed by atoms with Crippen molar-refractivity contribution >= 4 is 17.0 Å². The van der Waals surface area contributed by atoms with Gasteiger partial charge in [0.1, 0.15) is 5.60 Å². The highest BCUT2D eigenvalue weighted by Crippen LogP contribution is 2.20. The van der Waals surface area contributed by atoms with E-state index in [-0.39, 0.29) is 6.61 Å². The SMILES string of the molecule is CC(C)(C)OC(=O)n1c(CO)cc2ccncc21. The van der Waals surface area contributed by atoms with Crippen LogP contribution in [0.4, 0.5) is 4.79 Å². The summed E-state index contributed by atoms with van der Waals surface area (Å²) in [5, 5.41) is 10.2. The first kappa shape index (κ1) is 12.6. The Bertz CT molecular complexity index is 581. The number of nitrogens with zero attached hydrogens (tertiary/aromatic N) is 2. The second kappa shape index (κ2) is 4.42. The summed E-state index contributed by atoms with van der Waals surface area (Å²) in [6, 6.07) is 3.54. The average molecular weight is 248 g/mol. The van der Waals surface area contributed by atoms with Crippen molar-refractivity contribution in [2.24, 2.45) is 0 Å². The number of pyridine rings is 1. The fourth-order valence-corrected chi connectivity index (χ4v) is 1.74. The van der Waals surface area contributed by atoms with Crippen LogP contribution >= 0.6 is 0 Å². The minimum atomic E-state index is -0.581. The maximum atomic E-state index is 12.1. The highest BCUT2D eigenvalue weighted by Gasteiger charge is 2.21. The minimum absolute atomic E-state index is 0.228. The molecule has 0 aromatic carbocycles. The second-order valence-corrected chi connectivity index (χ2v) is 5.04. The van der Waals surface area contributed by atoms with Crippen LogP contribution in [0.1, 0.15) is 26.5 Å². The molecule has 2 aromatic heterocycles. The van der Waals surface area contributed by atoms with E-state index >= 15 is 0 Å². The van der Waals surface area contributed by atoms with E-state index in [2.05, 4.69) is 4.98 Å². The van der Waals surface area contributed by atoms with E-state index in [1.165, 1.54) is 4.57 Å². The van der Waals surface area contributed by atoms with Crippen LogP contribution in [-0.2, 0) is 11.3 Å². The lowest BCUT2D eigenvalue weighted by molar-refractivity contribution is 0.0533. The van der Waals surface area contributed by atoms with Crippen molar-refractivity contribution in [2.45, 2.75) is 33.0 Å². The van der Waals surface area contributed by atoms with Gasteiger partial charge in [-0.1, -0.05) is 0 Å². The lowest BCUT2D eigenvalue weighted by atomic mass is 10.2. The molecule has 0 atom stereocenters. The van der Waals surface area contributed by atoms with Crippen molar-refractivity contribution in [2.75, 3.05) is 0 Å². The zero-order valence-corrected chi connectivity index (χ0v) is 10.7. The quantitative estimate of drug-likeness (QED) is 0.841. The molecule has 0 bridgehead atoms. The van der Waals surface area contributed by atoms with E-state index in [0.29, 0.717) is 11.2 Å². The predicted molar refractivity (Wildman–Crippen MR) is 67.3 cm³/mol. The molecule has 0 fully saturated rings. The van der Waals surface area contributed by atoms with Crippen molar-refractivity contribution < 1.29 is 14.6 Å². The second-order valence-electron chi connectivity index (χ2n) is 5.04. The molecule has 5 nitrogen and oxygen atoms in total. The maximum absolute atomic E-state index is 12.1. The summed E-state index contributed by atoms with van der Waals surface area (Å²) < 4.78 is 6.67. The molecule has 5 heteroatoms. The Balaban J connectivity index is 2.51. The number of hydrogen-bond acceptors (Lipinski definition) is 4. The average Bonchev–Trinajstić information content (AvgIpc) is 2.64. The highest BCUT2D eigenvalue weighted by atomic mass is 16.6. The van der Waals surface area contributed by atoms with Gasteiger partial charge < -0.3 is 9.84 Å². The van der Waals surface area contributed by atoms with E-state index in [9.17, 15) is 9.90 Å². The topological polar surface area (TPSA) is 64.3 Å². The van der Waals surface area contributed by atoms with Gasteiger partial charge in [0.25, 0.3) is 0 Å². The lowest BCUT2D eigenvalue weighted by Crippen LogP contribution is -2.28. The fraction of sp³-hybridized carbons (Fsp3) is 0.385. The summed E-state index contributed by atoms with van der Waals surface area (Å²) in [7, 11) is 0. The molecule has 1 N–H and O–H groups in total. The normalized spacial score (nSPS) is 11.8. The first-order chi connectivity index (χ1) is 8.42. The largest absolute Gasteiger partial charge is 0.443 e. The Morgan fingerprint density at radius 3 is 2.83 bits per heavy atom. The highest BCUT2D eigenvalue weighted by molar-refractivity contribution is 5.90. The smallest absolute Gasteiger partial charge is 0.419 e. The summed E-state index contributed by atoms with van der Waals surface area (Å²) in [5.41, 5.74) is 0.547. The Hall–Kier alpha value is -1.88. The molecule has 0 aliphatic heterocycles. The van der Waals surface area contributed by atoms with Gasteiger partial charge in [0.05, 0.1) is 24.0 Å². The van der Waals surface area contributed by atoms with Gasteiger partial charge in [-0.15, -0.1) is 0 Å². The lowest BCUT2D eigenvalue weighted by Gasteiger charge is -2.20. The Morgan fingerprint density at radius 1 is 1.50 bits per heavy atom. The molecule has 0 saturated carbocycles. The summed E-state index contributed by atoms with van der Waals surface area (Å²) in [6.07, 6.45) is 2.72. The summed E-state index contributed by atoms with van der Waals surface area (Å²) in [5.74, 6) is 0. The van der Waals surface area contributed by atoms with Crippen molar-refractivity contribution in [3.05, 3.63) is 30.2 Å². The van der Waals surface area contributed by atoms with Gasteiger partial charge in [0.15, 0.2) is 0 Å². The van der Waals surface area contributed by atoms with Gasteiger partial charge in [-0.3, -0.25) is 4.98 Å². The van der Waals surface area contributed by atoms with E-state index in [0.717, 1.165) is 5.39 Å². The summed E-state index contributed by atoms with van der Waals surface area (Å²) in [4.78, 5) is 16.1. The first-order valence-corrected chi connectivity index (χ1v) is 5.71. The molecule has 0 aliphatic rings. The Labute approximate surface area is 105 Å². The molecular weight excluding hydrogens is 232 g/mol. The molecule has 0 spiro atoms. The van der Waals surface area contributed by atoms with E-state index in [1.807, 2.05) is 0 Å². The molecule has 2 aromatic rings. The van der Waals surface area contributed by atoms with Crippen molar-refractivity contribution in [1.29, 1.82) is 0 Å². The van der Waals surface area contributed by atoms with E-state index in [1.54, 1.807) is 45.3 Å². The third kappa shape index (κ3) is 2.36. The van der Waals surface area contributed by atoms with E-state index < -0.39 is 11.7 Å². The number of carbonyl (C=O) groups excluding carboxylic acids is 1. The molecule has 2 heterocycles. The first-order valence-electron chi connectivity index (χ1n) is 5.71. The van der Waals surface area contributed by atoms with Crippen LogP contribution in [0.25, 0.3) is 10.9 Å². The zero-order chi connectivity index (χ0) is 13.3. The molecule has 0 amide bonds. The number of ether oxygens (including phenoxy) is 1. The molecule has 18 heavy (non-hydrogen) atoms. The number of aliphatic hydroxyl groups excluding tert-OH is 1. The molecule has 0 saturated heterocycles. The third-order valence-corrected chi connectivity index (χ3v) is 2.42. The van der Waals surface area contributed by atoms with Gasteiger partial charge >= 0.3 is 6.09 Å². The fourth-order valence-electron chi connectivity index (χ4n) is 1.74. The molecule has 96 valence electrons. The standard InChI is InChI=1S/C13H16N2O3/c1-13(2,3)18-12(17)15-10(8-16)6-9-4-5-14-7-11(9)15/h4-7,16H,8H2,1-3H3. The number of hydrogen-bond donors (Lipinski definition) is 1. The maximum Gasteiger partial charge on any atom is 0.419 e. The van der Waals surface area contributed by atoms with Gasteiger partial charge in [-0.05, 0) is 32.9 Å². The molecular formula is C13H16N2O3. The number of rotatable bonds is 1.